The van der Waals surface area contributed by atoms with E-state index in [1.807, 2.05) is 28.0 Å². The lowest BCUT2D eigenvalue weighted by atomic mass is 9.94. The number of carbonyl (C=O) groups excluding carboxylic acids is 2. The Kier molecular flexibility index (Phi) is 6.08. The Hall–Kier alpha value is -1.88. The van der Waals surface area contributed by atoms with E-state index in [2.05, 4.69) is 24.4 Å². The van der Waals surface area contributed by atoms with E-state index in [9.17, 15) is 9.59 Å². The molecule has 2 aliphatic rings. The predicted octanol–water partition coefficient (Wildman–Crippen LogP) is 1.68. The molecule has 2 amide bonds. The van der Waals surface area contributed by atoms with Gasteiger partial charge in [0.2, 0.25) is 11.8 Å². The summed E-state index contributed by atoms with van der Waals surface area (Å²) < 4.78 is 0. The van der Waals surface area contributed by atoms with Crippen molar-refractivity contribution >= 4 is 11.8 Å². The maximum Gasteiger partial charge on any atom is 0.226 e. The van der Waals surface area contributed by atoms with Crippen molar-refractivity contribution in [3.8, 4) is 0 Å². The fourth-order valence-corrected chi connectivity index (χ4v) is 3.83. The molecule has 1 aromatic rings. The first-order chi connectivity index (χ1) is 12.1. The first kappa shape index (κ1) is 17.9. The number of nitrogens with one attached hydrogen (secondary N) is 1. The lowest BCUT2D eigenvalue weighted by Crippen LogP contribution is -2.55. The van der Waals surface area contributed by atoms with Gasteiger partial charge in [0.25, 0.3) is 0 Å². The van der Waals surface area contributed by atoms with E-state index in [1.54, 1.807) is 0 Å². The molecule has 0 unspecified atom stereocenters. The molecule has 0 bridgehead atoms. The van der Waals surface area contributed by atoms with Gasteiger partial charge >= 0.3 is 0 Å². The molecule has 1 N–H and O–H groups in total. The summed E-state index contributed by atoms with van der Waals surface area (Å²) in [5.41, 5.74) is 1.20. The van der Waals surface area contributed by atoms with Crippen LogP contribution in [0.3, 0.4) is 0 Å². The van der Waals surface area contributed by atoms with Crippen molar-refractivity contribution in [2.75, 3.05) is 32.7 Å². The van der Waals surface area contributed by atoms with Crippen molar-refractivity contribution < 1.29 is 9.59 Å². The Balaban J connectivity index is 1.44. The number of amides is 2. The quantitative estimate of drug-likeness (QED) is 0.905. The first-order valence-corrected chi connectivity index (χ1v) is 9.48. The van der Waals surface area contributed by atoms with Crippen LogP contribution in [0.2, 0.25) is 0 Å². The fraction of sp³-hybridized carbons (Fsp3) is 0.600. The van der Waals surface area contributed by atoms with E-state index in [1.165, 1.54) is 5.56 Å². The SMILES string of the molecule is C[C@H]1CNCCN1C(=O)C1CCN(C(=O)CCc2ccccc2)CC1. The highest BCUT2D eigenvalue weighted by Crippen LogP contribution is 2.22. The van der Waals surface area contributed by atoms with E-state index < -0.39 is 0 Å². The molecule has 0 saturated carbocycles. The summed E-state index contributed by atoms with van der Waals surface area (Å²) in [4.78, 5) is 29.1. The smallest absolute Gasteiger partial charge is 0.226 e. The Morgan fingerprint density at radius 3 is 2.52 bits per heavy atom. The van der Waals surface area contributed by atoms with E-state index in [0.29, 0.717) is 19.5 Å². The summed E-state index contributed by atoms with van der Waals surface area (Å²) in [5.74, 6) is 0.578. The van der Waals surface area contributed by atoms with Gasteiger partial charge in [0.1, 0.15) is 0 Å². The number of piperazine rings is 1. The van der Waals surface area contributed by atoms with Crippen LogP contribution in [-0.2, 0) is 16.0 Å². The summed E-state index contributed by atoms with van der Waals surface area (Å²) in [6.45, 7) is 6.09. The number of nitrogens with zero attached hydrogens (tertiary/aromatic N) is 2. The van der Waals surface area contributed by atoms with Gasteiger partial charge in [0.05, 0.1) is 0 Å². The molecule has 0 spiro atoms. The second kappa shape index (κ2) is 8.48. The molecule has 5 nitrogen and oxygen atoms in total. The van der Waals surface area contributed by atoms with Crippen LogP contribution in [0, 0.1) is 5.92 Å². The largest absolute Gasteiger partial charge is 0.343 e. The molecule has 2 fully saturated rings. The number of carbonyl (C=O) groups is 2. The van der Waals surface area contributed by atoms with Crippen LogP contribution in [-0.4, -0.2) is 60.4 Å². The number of rotatable bonds is 4. The number of piperidine rings is 1. The van der Waals surface area contributed by atoms with Crippen LogP contribution in [0.25, 0.3) is 0 Å². The molecule has 2 aliphatic heterocycles. The molecular weight excluding hydrogens is 314 g/mol. The molecule has 25 heavy (non-hydrogen) atoms. The molecule has 1 atom stereocenters. The Bertz CT molecular complexity index is 582. The zero-order valence-corrected chi connectivity index (χ0v) is 15.1. The average Bonchev–Trinajstić information content (AvgIpc) is 2.67. The van der Waals surface area contributed by atoms with Crippen LogP contribution in [0.1, 0.15) is 31.7 Å². The number of aryl methyl sites for hydroxylation is 1. The van der Waals surface area contributed by atoms with Crippen molar-refractivity contribution in [2.24, 2.45) is 5.92 Å². The number of hydrogen-bond acceptors (Lipinski definition) is 3. The minimum Gasteiger partial charge on any atom is -0.343 e. The van der Waals surface area contributed by atoms with Crippen LogP contribution >= 0.6 is 0 Å². The molecule has 2 saturated heterocycles. The fourth-order valence-electron chi connectivity index (χ4n) is 3.83. The van der Waals surface area contributed by atoms with Gasteiger partial charge in [-0.3, -0.25) is 9.59 Å². The highest BCUT2D eigenvalue weighted by atomic mass is 16.2. The summed E-state index contributed by atoms with van der Waals surface area (Å²) in [5, 5.41) is 3.33. The minimum absolute atomic E-state index is 0.0822. The Morgan fingerprint density at radius 1 is 1.12 bits per heavy atom. The lowest BCUT2D eigenvalue weighted by molar-refractivity contribution is -0.142. The van der Waals surface area contributed by atoms with Gasteiger partial charge in [0.15, 0.2) is 0 Å². The van der Waals surface area contributed by atoms with Gasteiger partial charge in [-0.1, -0.05) is 30.3 Å². The van der Waals surface area contributed by atoms with Crippen molar-refractivity contribution in [3.63, 3.8) is 0 Å². The number of benzene rings is 1. The van der Waals surface area contributed by atoms with Gasteiger partial charge in [-0.05, 0) is 31.7 Å². The van der Waals surface area contributed by atoms with Gasteiger partial charge in [-0.25, -0.2) is 0 Å². The third-order valence-corrected chi connectivity index (χ3v) is 5.45. The molecule has 0 radical (unpaired) electrons. The number of hydrogen-bond donors (Lipinski definition) is 1. The predicted molar refractivity (Wildman–Crippen MR) is 98.1 cm³/mol. The highest BCUT2D eigenvalue weighted by Gasteiger charge is 2.32. The lowest BCUT2D eigenvalue weighted by Gasteiger charge is -2.39. The average molecular weight is 343 g/mol. The molecule has 1 aromatic carbocycles. The third-order valence-electron chi connectivity index (χ3n) is 5.45. The van der Waals surface area contributed by atoms with E-state index >= 15 is 0 Å². The van der Waals surface area contributed by atoms with Crippen molar-refractivity contribution in [2.45, 2.75) is 38.6 Å². The summed E-state index contributed by atoms with van der Waals surface area (Å²) >= 11 is 0. The molecule has 136 valence electrons. The van der Waals surface area contributed by atoms with Gasteiger partial charge < -0.3 is 15.1 Å². The summed E-state index contributed by atoms with van der Waals surface area (Å²) in [6.07, 6.45) is 2.94. The summed E-state index contributed by atoms with van der Waals surface area (Å²) in [6, 6.07) is 10.4. The number of likely N-dealkylation sites (tertiary alicyclic amines) is 1. The molecule has 3 rings (SSSR count). The normalized spacial score (nSPS) is 22.0. The van der Waals surface area contributed by atoms with Crippen LogP contribution < -0.4 is 5.32 Å². The standard InChI is InChI=1S/C20H29N3O2/c1-16-15-21-11-14-23(16)20(25)18-9-12-22(13-10-18)19(24)8-7-17-5-3-2-4-6-17/h2-6,16,18,21H,7-15H2,1H3/t16-/m0/s1. The van der Waals surface area contributed by atoms with Gasteiger partial charge in [-0.2, -0.15) is 0 Å². The van der Waals surface area contributed by atoms with Crippen LogP contribution in [0.15, 0.2) is 30.3 Å². The molecule has 0 aromatic heterocycles. The monoisotopic (exact) mass is 343 g/mol. The van der Waals surface area contributed by atoms with Crippen LogP contribution in [0.4, 0.5) is 0 Å². The van der Waals surface area contributed by atoms with E-state index in [0.717, 1.165) is 38.9 Å². The maximum absolute atomic E-state index is 12.7. The van der Waals surface area contributed by atoms with Gasteiger partial charge in [0, 0.05) is 51.1 Å². The Labute approximate surface area is 150 Å². The molecule has 2 heterocycles. The van der Waals surface area contributed by atoms with E-state index in [4.69, 9.17) is 0 Å². The summed E-state index contributed by atoms with van der Waals surface area (Å²) in [7, 11) is 0. The highest BCUT2D eigenvalue weighted by molar-refractivity contribution is 5.80. The topological polar surface area (TPSA) is 52.7 Å². The molecular formula is C20H29N3O2. The third kappa shape index (κ3) is 4.60. The second-order valence-electron chi connectivity index (χ2n) is 7.23. The minimum atomic E-state index is 0.0822. The van der Waals surface area contributed by atoms with E-state index in [-0.39, 0.29) is 23.8 Å². The van der Waals surface area contributed by atoms with Crippen molar-refractivity contribution in [3.05, 3.63) is 35.9 Å². The second-order valence-corrected chi connectivity index (χ2v) is 7.23. The maximum atomic E-state index is 12.7. The van der Waals surface area contributed by atoms with Crippen molar-refractivity contribution in [1.29, 1.82) is 0 Å². The van der Waals surface area contributed by atoms with Crippen molar-refractivity contribution in [1.82, 2.24) is 15.1 Å². The first-order valence-electron chi connectivity index (χ1n) is 9.48. The molecule has 0 aliphatic carbocycles. The zero-order chi connectivity index (χ0) is 17.6. The van der Waals surface area contributed by atoms with Gasteiger partial charge in [-0.15, -0.1) is 0 Å². The van der Waals surface area contributed by atoms with Crippen LogP contribution in [0.5, 0.6) is 0 Å². The Morgan fingerprint density at radius 2 is 1.84 bits per heavy atom. The molecule has 5 heteroatoms. The zero-order valence-electron chi connectivity index (χ0n) is 15.1.